The SMILES string of the molecule is CC1(O)CCN(C(=O)Nc2ccc(Cl)c(C(=O)O)c2)C1. The number of nitrogens with one attached hydrogen (secondary N) is 1. The number of anilines is 1. The quantitative estimate of drug-likeness (QED) is 0.779. The molecule has 1 aliphatic heterocycles. The fraction of sp³-hybridized carbons (Fsp3) is 0.385. The molecule has 0 saturated carbocycles. The van der Waals surface area contributed by atoms with Crippen molar-refractivity contribution in [3.05, 3.63) is 28.8 Å². The summed E-state index contributed by atoms with van der Waals surface area (Å²) in [6.45, 7) is 2.38. The molecular weight excluding hydrogens is 284 g/mol. The Morgan fingerprint density at radius 2 is 2.15 bits per heavy atom. The third-order valence-corrected chi connectivity index (χ3v) is 3.52. The summed E-state index contributed by atoms with van der Waals surface area (Å²) in [5.74, 6) is -1.16. The highest BCUT2D eigenvalue weighted by Gasteiger charge is 2.34. The maximum Gasteiger partial charge on any atom is 0.337 e. The molecule has 0 spiro atoms. The number of halogens is 1. The van der Waals surface area contributed by atoms with E-state index < -0.39 is 11.6 Å². The van der Waals surface area contributed by atoms with Crippen LogP contribution in [-0.2, 0) is 0 Å². The molecule has 1 aromatic rings. The monoisotopic (exact) mass is 298 g/mol. The van der Waals surface area contributed by atoms with Gasteiger partial charge in [-0.25, -0.2) is 9.59 Å². The summed E-state index contributed by atoms with van der Waals surface area (Å²) in [6.07, 6.45) is 0.515. The molecule has 1 unspecified atom stereocenters. The van der Waals surface area contributed by atoms with Crippen molar-refractivity contribution in [1.82, 2.24) is 4.90 Å². The highest BCUT2D eigenvalue weighted by Crippen LogP contribution is 2.23. The number of carboxylic acids is 1. The minimum atomic E-state index is -1.16. The van der Waals surface area contributed by atoms with Gasteiger partial charge in [0.15, 0.2) is 0 Å². The first-order valence-corrected chi connectivity index (χ1v) is 6.47. The van der Waals surface area contributed by atoms with Crippen LogP contribution in [0.15, 0.2) is 18.2 Å². The number of amides is 2. The van der Waals surface area contributed by atoms with Crippen molar-refractivity contribution < 1.29 is 19.8 Å². The van der Waals surface area contributed by atoms with E-state index in [0.717, 1.165) is 0 Å². The first-order chi connectivity index (χ1) is 9.28. The molecule has 7 heteroatoms. The number of carbonyl (C=O) groups excluding carboxylic acids is 1. The van der Waals surface area contributed by atoms with Crippen LogP contribution in [0.3, 0.4) is 0 Å². The molecule has 6 nitrogen and oxygen atoms in total. The molecule has 0 aromatic heterocycles. The third-order valence-electron chi connectivity index (χ3n) is 3.19. The minimum Gasteiger partial charge on any atom is -0.478 e. The molecule has 1 fully saturated rings. The van der Waals surface area contributed by atoms with Gasteiger partial charge in [0, 0.05) is 12.2 Å². The number of likely N-dealkylation sites (tertiary alicyclic amines) is 1. The van der Waals surface area contributed by atoms with Crippen LogP contribution in [0, 0.1) is 0 Å². The van der Waals surface area contributed by atoms with Crippen molar-refractivity contribution in [3.63, 3.8) is 0 Å². The second-order valence-electron chi connectivity index (χ2n) is 5.10. The summed E-state index contributed by atoms with van der Waals surface area (Å²) in [7, 11) is 0. The molecule has 2 amide bonds. The molecule has 0 aliphatic carbocycles. The predicted molar refractivity (Wildman–Crippen MR) is 74.2 cm³/mol. The van der Waals surface area contributed by atoms with Gasteiger partial charge in [-0.05, 0) is 31.5 Å². The summed E-state index contributed by atoms with van der Waals surface area (Å²) >= 11 is 5.76. The molecule has 3 N–H and O–H groups in total. The van der Waals surface area contributed by atoms with Gasteiger partial charge in [0.2, 0.25) is 0 Å². The van der Waals surface area contributed by atoms with Gasteiger partial charge >= 0.3 is 12.0 Å². The van der Waals surface area contributed by atoms with Crippen molar-refractivity contribution in [1.29, 1.82) is 0 Å². The molecule has 1 atom stereocenters. The van der Waals surface area contributed by atoms with E-state index in [9.17, 15) is 14.7 Å². The third kappa shape index (κ3) is 3.20. The van der Waals surface area contributed by atoms with E-state index in [-0.39, 0.29) is 23.2 Å². The van der Waals surface area contributed by atoms with E-state index in [4.69, 9.17) is 16.7 Å². The number of hydrogen-bond acceptors (Lipinski definition) is 3. The maximum absolute atomic E-state index is 12.0. The van der Waals surface area contributed by atoms with Crippen molar-refractivity contribution in [2.45, 2.75) is 18.9 Å². The van der Waals surface area contributed by atoms with Crippen molar-refractivity contribution in [3.8, 4) is 0 Å². The van der Waals surface area contributed by atoms with Crippen LogP contribution in [-0.4, -0.2) is 45.8 Å². The lowest BCUT2D eigenvalue weighted by Crippen LogP contribution is -2.36. The van der Waals surface area contributed by atoms with E-state index in [0.29, 0.717) is 18.7 Å². The molecule has 1 aliphatic rings. The highest BCUT2D eigenvalue weighted by molar-refractivity contribution is 6.33. The lowest BCUT2D eigenvalue weighted by Gasteiger charge is -2.19. The van der Waals surface area contributed by atoms with E-state index in [2.05, 4.69) is 5.32 Å². The van der Waals surface area contributed by atoms with Crippen molar-refractivity contribution >= 4 is 29.3 Å². The largest absolute Gasteiger partial charge is 0.478 e. The van der Waals surface area contributed by atoms with E-state index in [1.54, 1.807) is 6.92 Å². The van der Waals surface area contributed by atoms with E-state index in [1.165, 1.54) is 23.1 Å². The van der Waals surface area contributed by atoms with Crippen LogP contribution in [0.5, 0.6) is 0 Å². The maximum atomic E-state index is 12.0. The topological polar surface area (TPSA) is 89.9 Å². The Kier molecular flexibility index (Phi) is 3.87. The summed E-state index contributed by atoms with van der Waals surface area (Å²) in [5.41, 5.74) is -0.593. The molecule has 20 heavy (non-hydrogen) atoms. The summed E-state index contributed by atoms with van der Waals surface area (Å²) in [6, 6.07) is 3.87. The number of nitrogens with zero attached hydrogens (tertiary/aromatic N) is 1. The fourth-order valence-electron chi connectivity index (χ4n) is 2.09. The lowest BCUT2D eigenvalue weighted by molar-refractivity contribution is 0.0696. The summed E-state index contributed by atoms with van der Waals surface area (Å²) in [4.78, 5) is 24.4. The summed E-state index contributed by atoms with van der Waals surface area (Å²) in [5, 5.41) is 21.5. The molecule has 0 radical (unpaired) electrons. The number of hydrogen-bond donors (Lipinski definition) is 3. The van der Waals surface area contributed by atoms with Crippen LogP contribution >= 0.6 is 11.6 Å². The first-order valence-electron chi connectivity index (χ1n) is 6.10. The second kappa shape index (κ2) is 5.30. The number of carboxylic acid groups (broad SMARTS) is 1. The standard InChI is InChI=1S/C13H15ClN2O4/c1-13(20)4-5-16(7-13)12(19)15-8-2-3-10(14)9(6-8)11(17)18/h2-3,6,20H,4-5,7H2,1H3,(H,15,19)(H,17,18). The number of carbonyl (C=O) groups is 2. The average Bonchev–Trinajstić information content (AvgIpc) is 2.72. The van der Waals surface area contributed by atoms with Gasteiger partial charge in [-0.1, -0.05) is 11.6 Å². The zero-order chi connectivity index (χ0) is 14.9. The molecule has 1 saturated heterocycles. The molecule has 1 heterocycles. The van der Waals surface area contributed by atoms with Crippen LogP contribution in [0.1, 0.15) is 23.7 Å². The lowest BCUT2D eigenvalue weighted by atomic mass is 10.1. The van der Waals surface area contributed by atoms with Crippen LogP contribution in [0.2, 0.25) is 5.02 Å². The van der Waals surface area contributed by atoms with E-state index >= 15 is 0 Å². The molecule has 2 rings (SSSR count). The second-order valence-corrected chi connectivity index (χ2v) is 5.51. The molecule has 0 bridgehead atoms. The normalized spacial score (nSPS) is 21.9. The zero-order valence-corrected chi connectivity index (χ0v) is 11.6. The molecule has 108 valence electrons. The van der Waals surface area contributed by atoms with Gasteiger partial charge in [-0.15, -0.1) is 0 Å². The number of benzene rings is 1. The number of urea groups is 1. The van der Waals surface area contributed by atoms with Gasteiger partial charge in [-0.2, -0.15) is 0 Å². The Labute approximate surface area is 121 Å². The molecular formula is C13H15ClN2O4. The number of rotatable bonds is 2. The fourth-order valence-corrected chi connectivity index (χ4v) is 2.29. The Morgan fingerprint density at radius 3 is 2.70 bits per heavy atom. The van der Waals surface area contributed by atoms with E-state index in [1.807, 2.05) is 0 Å². The molecule has 1 aromatic carbocycles. The Bertz CT molecular complexity index is 559. The van der Waals surface area contributed by atoms with Crippen molar-refractivity contribution in [2.75, 3.05) is 18.4 Å². The van der Waals surface area contributed by atoms with Gasteiger partial charge < -0.3 is 20.4 Å². The number of aliphatic hydroxyl groups is 1. The van der Waals surface area contributed by atoms with Crippen LogP contribution in [0.25, 0.3) is 0 Å². The van der Waals surface area contributed by atoms with Crippen molar-refractivity contribution in [2.24, 2.45) is 0 Å². The smallest absolute Gasteiger partial charge is 0.337 e. The van der Waals surface area contributed by atoms with Gasteiger partial charge in [0.25, 0.3) is 0 Å². The zero-order valence-electron chi connectivity index (χ0n) is 10.9. The van der Waals surface area contributed by atoms with Crippen LogP contribution in [0.4, 0.5) is 10.5 Å². The number of β-amino-alcohol motifs (C(OH)–C–C–N with tert-alkyl or cyclic N) is 1. The summed E-state index contributed by atoms with van der Waals surface area (Å²) < 4.78 is 0. The van der Waals surface area contributed by atoms with Gasteiger partial charge in [0.1, 0.15) is 0 Å². The predicted octanol–water partition coefficient (Wildman–Crippen LogP) is 2.03. The van der Waals surface area contributed by atoms with Crippen LogP contribution < -0.4 is 5.32 Å². The highest BCUT2D eigenvalue weighted by atomic mass is 35.5. The first kappa shape index (κ1) is 14.6. The van der Waals surface area contributed by atoms with Gasteiger partial charge in [-0.3, -0.25) is 0 Å². The average molecular weight is 299 g/mol. The Hall–Kier alpha value is -1.79. The Balaban J connectivity index is 2.09. The Morgan fingerprint density at radius 1 is 1.45 bits per heavy atom. The number of aromatic carboxylic acids is 1. The minimum absolute atomic E-state index is 0.0714. The van der Waals surface area contributed by atoms with Gasteiger partial charge in [0.05, 0.1) is 22.7 Å².